The van der Waals surface area contributed by atoms with Crippen molar-refractivity contribution in [3.8, 4) is 11.1 Å². The van der Waals surface area contributed by atoms with Crippen LogP contribution in [0.15, 0.2) is 47.4 Å². The van der Waals surface area contributed by atoms with E-state index in [0.717, 1.165) is 16.6 Å². The summed E-state index contributed by atoms with van der Waals surface area (Å²) in [4.78, 5) is 12.5. The first-order valence-electron chi connectivity index (χ1n) is 5.75. The molecule has 0 aliphatic heterocycles. The molecule has 19 heavy (non-hydrogen) atoms. The smallest absolute Gasteiger partial charge is 0.292 e. The number of oxazole rings is 1. The average molecular weight is 251 g/mol. The Balaban J connectivity index is 1.91. The molecule has 4 rings (SSSR count). The SMILES string of the molecule is Nc1nc2cc(-c3cnc4nccn4c3)ccc2o1. The number of imidazole rings is 1. The van der Waals surface area contributed by atoms with Crippen molar-refractivity contribution in [2.45, 2.75) is 0 Å². The second-order valence-corrected chi connectivity index (χ2v) is 4.21. The fourth-order valence-electron chi connectivity index (χ4n) is 2.09. The molecular weight excluding hydrogens is 242 g/mol. The van der Waals surface area contributed by atoms with Crippen LogP contribution in [-0.4, -0.2) is 19.4 Å². The lowest BCUT2D eigenvalue weighted by Gasteiger charge is -2.01. The van der Waals surface area contributed by atoms with Crippen LogP contribution in [0, 0.1) is 0 Å². The van der Waals surface area contributed by atoms with Gasteiger partial charge in [0.15, 0.2) is 5.58 Å². The zero-order chi connectivity index (χ0) is 12.8. The summed E-state index contributed by atoms with van der Waals surface area (Å²) in [6.45, 7) is 0. The predicted octanol–water partition coefficient (Wildman–Crippen LogP) is 2.12. The molecule has 1 aromatic carbocycles. The number of fused-ring (bicyclic) bond motifs is 2. The topological polar surface area (TPSA) is 82.2 Å². The lowest BCUT2D eigenvalue weighted by atomic mass is 10.1. The molecule has 0 aliphatic carbocycles. The first kappa shape index (κ1) is 10.1. The summed E-state index contributed by atoms with van der Waals surface area (Å²) >= 11 is 0. The van der Waals surface area contributed by atoms with E-state index in [9.17, 15) is 0 Å². The summed E-state index contributed by atoms with van der Waals surface area (Å²) in [5, 5.41) is 0. The van der Waals surface area contributed by atoms with Crippen LogP contribution in [0.4, 0.5) is 6.01 Å². The molecule has 0 aliphatic rings. The van der Waals surface area contributed by atoms with Crippen LogP contribution in [-0.2, 0) is 0 Å². The summed E-state index contributed by atoms with van der Waals surface area (Å²) < 4.78 is 7.12. The van der Waals surface area contributed by atoms with Crippen LogP contribution in [0.2, 0.25) is 0 Å². The number of hydrogen-bond acceptors (Lipinski definition) is 5. The maximum Gasteiger partial charge on any atom is 0.292 e. The highest BCUT2D eigenvalue weighted by molar-refractivity contribution is 5.81. The van der Waals surface area contributed by atoms with Gasteiger partial charge in [-0.1, -0.05) is 6.07 Å². The largest absolute Gasteiger partial charge is 0.424 e. The number of nitrogens with zero attached hydrogens (tertiary/aromatic N) is 4. The molecule has 0 spiro atoms. The standard InChI is InChI=1S/C13H9N5O/c14-12-17-10-5-8(1-2-11(10)19-12)9-6-16-13-15-3-4-18(13)7-9/h1-7H,(H2,14,17). The minimum atomic E-state index is 0.176. The summed E-state index contributed by atoms with van der Waals surface area (Å²) in [5.74, 6) is 0.676. The Hall–Kier alpha value is -2.89. The molecule has 0 atom stereocenters. The number of benzene rings is 1. The van der Waals surface area contributed by atoms with Gasteiger partial charge in [-0.25, -0.2) is 9.97 Å². The van der Waals surface area contributed by atoms with E-state index >= 15 is 0 Å². The fraction of sp³-hybridized carbons (Fsp3) is 0. The number of nitrogen functional groups attached to an aromatic ring is 1. The predicted molar refractivity (Wildman–Crippen MR) is 70.4 cm³/mol. The maximum absolute atomic E-state index is 5.54. The minimum Gasteiger partial charge on any atom is -0.424 e. The molecule has 0 radical (unpaired) electrons. The van der Waals surface area contributed by atoms with Gasteiger partial charge in [0.25, 0.3) is 6.01 Å². The Bertz CT molecular complexity index is 892. The molecule has 2 N–H and O–H groups in total. The number of anilines is 1. The van der Waals surface area contributed by atoms with E-state index in [2.05, 4.69) is 15.0 Å². The molecule has 6 nitrogen and oxygen atoms in total. The zero-order valence-electron chi connectivity index (χ0n) is 9.82. The van der Waals surface area contributed by atoms with Crippen molar-refractivity contribution in [3.05, 3.63) is 43.0 Å². The van der Waals surface area contributed by atoms with Crippen molar-refractivity contribution >= 4 is 22.9 Å². The van der Waals surface area contributed by atoms with E-state index in [0.29, 0.717) is 11.4 Å². The lowest BCUT2D eigenvalue weighted by Crippen LogP contribution is -1.89. The lowest BCUT2D eigenvalue weighted by molar-refractivity contribution is 0.626. The van der Waals surface area contributed by atoms with Gasteiger partial charge in [0.1, 0.15) is 5.52 Å². The van der Waals surface area contributed by atoms with Crippen LogP contribution in [0.25, 0.3) is 28.0 Å². The molecule has 6 heteroatoms. The van der Waals surface area contributed by atoms with E-state index in [-0.39, 0.29) is 6.01 Å². The van der Waals surface area contributed by atoms with Gasteiger partial charge in [0.2, 0.25) is 5.78 Å². The average Bonchev–Trinajstić information content (AvgIpc) is 3.01. The van der Waals surface area contributed by atoms with E-state index in [4.69, 9.17) is 10.2 Å². The van der Waals surface area contributed by atoms with Gasteiger partial charge in [0.05, 0.1) is 0 Å². The number of nitrogens with two attached hydrogens (primary N) is 1. The van der Waals surface area contributed by atoms with Crippen molar-refractivity contribution in [3.63, 3.8) is 0 Å². The molecular formula is C13H9N5O. The van der Waals surface area contributed by atoms with Gasteiger partial charge in [-0.3, -0.25) is 4.40 Å². The van der Waals surface area contributed by atoms with E-state index in [1.54, 1.807) is 12.4 Å². The molecule has 0 unspecified atom stereocenters. The van der Waals surface area contributed by atoms with Crippen LogP contribution < -0.4 is 5.73 Å². The number of rotatable bonds is 1. The van der Waals surface area contributed by atoms with Gasteiger partial charge >= 0.3 is 0 Å². The Labute approximate surface area is 107 Å². The van der Waals surface area contributed by atoms with E-state index < -0.39 is 0 Å². The highest BCUT2D eigenvalue weighted by Gasteiger charge is 2.06. The molecule has 4 aromatic rings. The van der Waals surface area contributed by atoms with Crippen LogP contribution in [0.5, 0.6) is 0 Å². The Morgan fingerprint density at radius 3 is 3.05 bits per heavy atom. The van der Waals surface area contributed by atoms with Gasteiger partial charge in [-0.2, -0.15) is 4.98 Å². The minimum absolute atomic E-state index is 0.176. The molecule has 92 valence electrons. The molecule has 3 heterocycles. The summed E-state index contributed by atoms with van der Waals surface area (Å²) in [6.07, 6.45) is 7.33. The summed E-state index contributed by atoms with van der Waals surface area (Å²) in [7, 11) is 0. The van der Waals surface area contributed by atoms with Gasteiger partial charge < -0.3 is 10.2 Å². The molecule has 0 fully saturated rings. The second-order valence-electron chi connectivity index (χ2n) is 4.21. The Morgan fingerprint density at radius 1 is 1.16 bits per heavy atom. The van der Waals surface area contributed by atoms with Gasteiger partial charge in [0, 0.05) is 30.4 Å². The van der Waals surface area contributed by atoms with Crippen LogP contribution in [0.1, 0.15) is 0 Å². The molecule has 0 bridgehead atoms. The second kappa shape index (κ2) is 3.55. The Morgan fingerprint density at radius 2 is 2.11 bits per heavy atom. The van der Waals surface area contributed by atoms with E-state index in [1.165, 1.54) is 0 Å². The first-order chi connectivity index (χ1) is 9.29. The van der Waals surface area contributed by atoms with Crippen LogP contribution in [0.3, 0.4) is 0 Å². The van der Waals surface area contributed by atoms with Crippen molar-refractivity contribution < 1.29 is 4.42 Å². The summed E-state index contributed by atoms with van der Waals surface area (Å²) in [5.41, 5.74) is 8.94. The molecule has 0 amide bonds. The van der Waals surface area contributed by atoms with Crippen molar-refractivity contribution in [2.24, 2.45) is 0 Å². The normalized spacial score (nSPS) is 11.4. The fourth-order valence-corrected chi connectivity index (χ4v) is 2.09. The van der Waals surface area contributed by atoms with Crippen molar-refractivity contribution in [1.82, 2.24) is 19.4 Å². The van der Waals surface area contributed by atoms with Crippen molar-refractivity contribution in [1.29, 1.82) is 0 Å². The first-order valence-corrected chi connectivity index (χ1v) is 5.75. The summed E-state index contributed by atoms with van der Waals surface area (Å²) in [6, 6.07) is 5.91. The monoisotopic (exact) mass is 251 g/mol. The van der Waals surface area contributed by atoms with Crippen LogP contribution >= 0.6 is 0 Å². The number of hydrogen-bond donors (Lipinski definition) is 1. The van der Waals surface area contributed by atoms with Crippen molar-refractivity contribution in [2.75, 3.05) is 5.73 Å². The Kier molecular flexibility index (Phi) is 1.88. The highest BCUT2D eigenvalue weighted by Crippen LogP contribution is 2.24. The third kappa shape index (κ3) is 1.54. The van der Waals surface area contributed by atoms with Gasteiger partial charge in [-0.05, 0) is 17.7 Å². The van der Waals surface area contributed by atoms with Gasteiger partial charge in [-0.15, -0.1) is 0 Å². The quantitative estimate of drug-likeness (QED) is 0.560. The molecule has 3 aromatic heterocycles. The number of aromatic nitrogens is 4. The third-order valence-corrected chi connectivity index (χ3v) is 2.98. The highest BCUT2D eigenvalue weighted by atomic mass is 16.4. The molecule has 0 saturated heterocycles. The third-order valence-electron chi connectivity index (χ3n) is 2.98. The van der Waals surface area contributed by atoms with E-state index in [1.807, 2.05) is 35.0 Å². The zero-order valence-corrected chi connectivity index (χ0v) is 9.82. The maximum atomic E-state index is 5.54. The molecule has 0 saturated carbocycles.